The molecule has 1 aliphatic heterocycles. The summed E-state index contributed by atoms with van der Waals surface area (Å²) in [4.78, 5) is 18.2. The van der Waals surface area contributed by atoms with Gasteiger partial charge >= 0.3 is 5.97 Å². The fourth-order valence-electron chi connectivity index (χ4n) is 2.47. The number of ether oxygens (including phenoxy) is 1. The third kappa shape index (κ3) is 3.47. The first-order chi connectivity index (χ1) is 9.11. The minimum atomic E-state index is -0.147. The number of hydrogen-bond donors (Lipinski definition) is 0. The second kappa shape index (κ2) is 6.37. The standard InChI is InChI=1S/C14H19BrN2O2/c1-10-7-13(16-9-12(10)15)17-6-4-3-5-11(17)8-14(18)19-2/h7,9,11H,3-6,8H2,1-2H3. The van der Waals surface area contributed by atoms with Gasteiger partial charge in [0.25, 0.3) is 0 Å². The van der Waals surface area contributed by atoms with Gasteiger partial charge in [-0.1, -0.05) is 0 Å². The van der Waals surface area contributed by atoms with E-state index in [1.165, 1.54) is 7.11 Å². The van der Waals surface area contributed by atoms with Crippen LogP contribution in [0.2, 0.25) is 0 Å². The molecule has 0 N–H and O–H groups in total. The number of esters is 1. The van der Waals surface area contributed by atoms with Crippen LogP contribution in [0.4, 0.5) is 5.82 Å². The van der Waals surface area contributed by atoms with Crippen LogP contribution < -0.4 is 4.90 Å². The summed E-state index contributed by atoms with van der Waals surface area (Å²) in [6.07, 6.45) is 5.59. The highest BCUT2D eigenvalue weighted by molar-refractivity contribution is 9.10. The van der Waals surface area contributed by atoms with Crippen LogP contribution in [0.3, 0.4) is 0 Å². The quantitative estimate of drug-likeness (QED) is 0.800. The average Bonchev–Trinajstić information content (AvgIpc) is 2.42. The number of piperidine rings is 1. The lowest BCUT2D eigenvalue weighted by molar-refractivity contribution is -0.141. The van der Waals surface area contributed by atoms with Crippen LogP contribution in [0.25, 0.3) is 0 Å². The fourth-order valence-corrected chi connectivity index (χ4v) is 2.69. The summed E-state index contributed by atoms with van der Waals surface area (Å²) in [5, 5.41) is 0. The summed E-state index contributed by atoms with van der Waals surface area (Å²) in [6.45, 7) is 3.00. The summed E-state index contributed by atoms with van der Waals surface area (Å²) in [7, 11) is 1.44. The normalized spacial score (nSPS) is 19.3. The van der Waals surface area contributed by atoms with E-state index >= 15 is 0 Å². The maximum atomic E-state index is 11.5. The summed E-state index contributed by atoms with van der Waals surface area (Å²) in [6, 6.07) is 2.27. The number of aryl methyl sites for hydroxylation is 1. The molecule has 0 bridgehead atoms. The number of halogens is 1. The van der Waals surface area contributed by atoms with Gasteiger partial charge in [0, 0.05) is 23.3 Å². The van der Waals surface area contributed by atoms with Crippen LogP contribution in [0.1, 0.15) is 31.2 Å². The molecular formula is C14H19BrN2O2. The molecule has 0 radical (unpaired) electrons. The third-order valence-electron chi connectivity index (χ3n) is 3.58. The van der Waals surface area contributed by atoms with Crippen LogP contribution in [0.5, 0.6) is 0 Å². The Bertz CT molecular complexity index is 465. The minimum Gasteiger partial charge on any atom is -0.469 e. The van der Waals surface area contributed by atoms with E-state index in [4.69, 9.17) is 4.74 Å². The molecule has 0 aromatic carbocycles. The highest BCUT2D eigenvalue weighted by Gasteiger charge is 2.26. The number of carbonyl (C=O) groups is 1. The van der Waals surface area contributed by atoms with Crippen molar-refractivity contribution >= 4 is 27.7 Å². The van der Waals surface area contributed by atoms with Gasteiger partial charge in [-0.3, -0.25) is 4.79 Å². The summed E-state index contributed by atoms with van der Waals surface area (Å²) < 4.78 is 5.80. The molecule has 1 fully saturated rings. The minimum absolute atomic E-state index is 0.147. The molecule has 0 spiro atoms. The first-order valence-electron chi connectivity index (χ1n) is 6.57. The van der Waals surface area contributed by atoms with E-state index in [0.29, 0.717) is 6.42 Å². The van der Waals surface area contributed by atoms with Crippen molar-refractivity contribution in [2.24, 2.45) is 0 Å². The van der Waals surface area contributed by atoms with Crippen molar-refractivity contribution in [3.05, 3.63) is 22.3 Å². The van der Waals surface area contributed by atoms with Crippen molar-refractivity contribution in [3.63, 3.8) is 0 Å². The van der Waals surface area contributed by atoms with E-state index in [0.717, 1.165) is 41.7 Å². The number of anilines is 1. The van der Waals surface area contributed by atoms with Gasteiger partial charge in [-0.2, -0.15) is 0 Å². The Kier molecular flexibility index (Phi) is 4.80. The molecule has 2 rings (SSSR count). The largest absolute Gasteiger partial charge is 0.469 e. The van der Waals surface area contributed by atoms with Crippen LogP contribution in [-0.4, -0.2) is 30.6 Å². The van der Waals surface area contributed by atoms with Gasteiger partial charge in [0.1, 0.15) is 5.82 Å². The molecule has 104 valence electrons. The number of methoxy groups -OCH3 is 1. The number of hydrogen-bond acceptors (Lipinski definition) is 4. The predicted octanol–water partition coefficient (Wildman–Crippen LogP) is 3.07. The zero-order valence-corrected chi connectivity index (χ0v) is 12.9. The molecule has 19 heavy (non-hydrogen) atoms. The number of rotatable bonds is 3. The van der Waals surface area contributed by atoms with E-state index < -0.39 is 0 Å². The maximum Gasteiger partial charge on any atom is 0.307 e. The Morgan fingerprint density at radius 1 is 1.58 bits per heavy atom. The Balaban J connectivity index is 2.18. The van der Waals surface area contributed by atoms with Gasteiger partial charge < -0.3 is 9.64 Å². The van der Waals surface area contributed by atoms with Crippen molar-refractivity contribution in [2.75, 3.05) is 18.6 Å². The Hall–Kier alpha value is -1.10. The molecule has 0 aliphatic carbocycles. The number of aromatic nitrogens is 1. The highest BCUT2D eigenvalue weighted by atomic mass is 79.9. The first-order valence-corrected chi connectivity index (χ1v) is 7.36. The molecule has 1 unspecified atom stereocenters. The van der Waals surface area contributed by atoms with E-state index in [2.05, 4.69) is 38.8 Å². The van der Waals surface area contributed by atoms with Gasteiger partial charge in [-0.25, -0.2) is 4.98 Å². The topological polar surface area (TPSA) is 42.4 Å². The SMILES string of the molecule is COC(=O)CC1CCCCN1c1cc(C)c(Br)cn1. The second-order valence-electron chi connectivity index (χ2n) is 4.91. The third-order valence-corrected chi connectivity index (χ3v) is 4.41. The zero-order chi connectivity index (χ0) is 13.8. The molecule has 1 aliphatic rings. The molecule has 1 aromatic heterocycles. The van der Waals surface area contributed by atoms with Gasteiger partial charge in [-0.15, -0.1) is 0 Å². The van der Waals surface area contributed by atoms with E-state index in [1.54, 1.807) is 0 Å². The monoisotopic (exact) mass is 326 g/mol. The molecule has 5 heteroatoms. The van der Waals surface area contributed by atoms with E-state index in [9.17, 15) is 4.79 Å². The smallest absolute Gasteiger partial charge is 0.307 e. The van der Waals surface area contributed by atoms with Gasteiger partial charge in [0.15, 0.2) is 0 Å². The fraction of sp³-hybridized carbons (Fsp3) is 0.571. The molecule has 0 saturated carbocycles. The van der Waals surface area contributed by atoms with Crippen molar-refractivity contribution in [1.29, 1.82) is 0 Å². The first kappa shape index (κ1) is 14.3. The van der Waals surface area contributed by atoms with Gasteiger partial charge in [0.2, 0.25) is 0 Å². The van der Waals surface area contributed by atoms with E-state index in [-0.39, 0.29) is 12.0 Å². The maximum absolute atomic E-state index is 11.5. The van der Waals surface area contributed by atoms with Crippen LogP contribution in [-0.2, 0) is 9.53 Å². The van der Waals surface area contributed by atoms with Crippen molar-refractivity contribution < 1.29 is 9.53 Å². The predicted molar refractivity (Wildman–Crippen MR) is 78.3 cm³/mol. The van der Waals surface area contributed by atoms with Gasteiger partial charge in [0.05, 0.1) is 13.5 Å². The van der Waals surface area contributed by atoms with Crippen LogP contribution in [0, 0.1) is 6.92 Å². The summed E-state index contributed by atoms with van der Waals surface area (Å²) >= 11 is 3.46. The highest BCUT2D eigenvalue weighted by Crippen LogP contribution is 2.27. The van der Waals surface area contributed by atoms with Crippen LogP contribution >= 0.6 is 15.9 Å². The Morgan fingerprint density at radius 2 is 2.37 bits per heavy atom. The summed E-state index contributed by atoms with van der Waals surface area (Å²) in [5.41, 5.74) is 1.16. The number of nitrogens with zero attached hydrogens (tertiary/aromatic N) is 2. The lowest BCUT2D eigenvalue weighted by Crippen LogP contribution is -2.41. The Morgan fingerprint density at radius 3 is 3.05 bits per heavy atom. The number of pyridine rings is 1. The zero-order valence-electron chi connectivity index (χ0n) is 11.4. The van der Waals surface area contributed by atoms with Gasteiger partial charge in [-0.05, 0) is 53.7 Å². The number of carbonyl (C=O) groups excluding carboxylic acids is 1. The molecule has 1 atom stereocenters. The van der Waals surface area contributed by atoms with Crippen molar-refractivity contribution in [3.8, 4) is 0 Å². The molecular weight excluding hydrogens is 308 g/mol. The average molecular weight is 327 g/mol. The van der Waals surface area contributed by atoms with Crippen molar-refractivity contribution in [2.45, 2.75) is 38.6 Å². The van der Waals surface area contributed by atoms with Crippen molar-refractivity contribution in [1.82, 2.24) is 4.98 Å². The molecule has 1 aromatic rings. The molecule has 0 amide bonds. The Labute approximate surface area is 122 Å². The van der Waals surface area contributed by atoms with E-state index in [1.807, 2.05) is 6.20 Å². The molecule has 4 nitrogen and oxygen atoms in total. The lowest BCUT2D eigenvalue weighted by atomic mass is 9.99. The molecule has 2 heterocycles. The second-order valence-corrected chi connectivity index (χ2v) is 5.77. The summed E-state index contributed by atoms with van der Waals surface area (Å²) in [5.74, 6) is 0.806. The lowest BCUT2D eigenvalue weighted by Gasteiger charge is -2.36. The molecule has 1 saturated heterocycles. The van der Waals surface area contributed by atoms with Crippen LogP contribution in [0.15, 0.2) is 16.7 Å².